The smallest absolute Gasteiger partial charge is 0.338 e. The normalized spacial score (nSPS) is 19.3. The lowest BCUT2D eigenvalue weighted by molar-refractivity contribution is -0.129. The molecule has 1 fully saturated rings. The molecule has 2 rings (SSSR count). The number of ether oxygens (including phenoxy) is 3. The molecule has 0 saturated carbocycles. The van der Waals surface area contributed by atoms with Gasteiger partial charge in [0.25, 0.3) is 5.91 Å². The number of nitrogens with one attached hydrogen (secondary N) is 1. The molecule has 0 aromatic heterocycles. The Labute approximate surface area is 159 Å². The molecule has 0 aliphatic carbocycles. The zero-order chi connectivity index (χ0) is 20.0. The number of benzene rings is 1. The molecule has 0 radical (unpaired) electrons. The third-order valence-electron chi connectivity index (χ3n) is 4.21. The summed E-state index contributed by atoms with van der Waals surface area (Å²) in [4.78, 5) is 24.5. The number of rotatable bonds is 8. The van der Waals surface area contributed by atoms with Gasteiger partial charge in [0, 0.05) is 18.2 Å². The zero-order valence-corrected chi connectivity index (χ0v) is 16.5. The largest absolute Gasteiger partial charge is 0.496 e. The lowest BCUT2D eigenvalue weighted by Crippen LogP contribution is -2.42. The van der Waals surface area contributed by atoms with E-state index in [2.05, 4.69) is 5.32 Å². The van der Waals surface area contributed by atoms with Crippen LogP contribution < -0.4 is 10.1 Å². The molecule has 9 heteroatoms. The Hall–Kier alpha value is -2.13. The van der Waals surface area contributed by atoms with Crippen molar-refractivity contribution in [3.05, 3.63) is 29.3 Å². The lowest BCUT2D eigenvalue weighted by Gasteiger charge is -2.17. The number of hydrogen-bond donors (Lipinski definition) is 1. The van der Waals surface area contributed by atoms with Gasteiger partial charge in [-0.2, -0.15) is 0 Å². The van der Waals surface area contributed by atoms with Crippen LogP contribution in [0.15, 0.2) is 18.2 Å². The van der Waals surface area contributed by atoms with Gasteiger partial charge in [-0.05, 0) is 38.5 Å². The molecule has 1 heterocycles. The van der Waals surface area contributed by atoms with Gasteiger partial charge in [0.15, 0.2) is 15.9 Å². The van der Waals surface area contributed by atoms with Gasteiger partial charge in [0.2, 0.25) is 0 Å². The monoisotopic (exact) mass is 399 g/mol. The van der Waals surface area contributed by atoms with Gasteiger partial charge in [0.1, 0.15) is 5.75 Å². The Balaban J connectivity index is 1.98. The minimum absolute atomic E-state index is 0.0561. The van der Waals surface area contributed by atoms with E-state index in [0.29, 0.717) is 24.3 Å². The summed E-state index contributed by atoms with van der Waals surface area (Å²) in [5, 5.41) is 2.61. The summed E-state index contributed by atoms with van der Waals surface area (Å²) in [6.07, 6.45) is -0.674. The first-order valence-corrected chi connectivity index (χ1v) is 10.5. The fourth-order valence-corrected chi connectivity index (χ4v) is 4.41. The fourth-order valence-electron chi connectivity index (χ4n) is 2.74. The summed E-state index contributed by atoms with van der Waals surface area (Å²) in [7, 11) is -1.57. The van der Waals surface area contributed by atoms with Gasteiger partial charge in [-0.1, -0.05) is 0 Å². The average molecular weight is 399 g/mol. The third-order valence-corrected chi connectivity index (χ3v) is 5.98. The van der Waals surface area contributed by atoms with Crippen LogP contribution in [0.3, 0.4) is 0 Å². The van der Waals surface area contributed by atoms with Gasteiger partial charge in [-0.15, -0.1) is 0 Å². The Morgan fingerprint density at radius 2 is 2.07 bits per heavy atom. The minimum atomic E-state index is -3.10. The van der Waals surface area contributed by atoms with E-state index in [4.69, 9.17) is 14.2 Å². The van der Waals surface area contributed by atoms with E-state index >= 15 is 0 Å². The predicted molar refractivity (Wildman–Crippen MR) is 98.4 cm³/mol. The van der Waals surface area contributed by atoms with Crippen molar-refractivity contribution >= 4 is 21.7 Å². The Morgan fingerprint density at radius 3 is 2.67 bits per heavy atom. The van der Waals surface area contributed by atoms with Crippen molar-refractivity contribution in [1.29, 1.82) is 0 Å². The van der Waals surface area contributed by atoms with Crippen molar-refractivity contribution in [3.63, 3.8) is 0 Å². The highest BCUT2D eigenvalue weighted by Crippen LogP contribution is 2.21. The number of hydrogen-bond acceptors (Lipinski definition) is 7. The molecule has 27 heavy (non-hydrogen) atoms. The summed E-state index contributed by atoms with van der Waals surface area (Å²) in [5.74, 6) is -0.613. The molecule has 1 aromatic carbocycles. The van der Waals surface area contributed by atoms with E-state index in [0.717, 1.165) is 0 Å². The molecule has 1 saturated heterocycles. The quantitative estimate of drug-likeness (QED) is 0.652. The van der Waals surface area contributed by atoms with E-state index < -0.39 is 33.9 Å². The number of carbonyl (C=O) groups is 2. The highest BCUT2D eigenvalue weighted by atomic mass is 32.2. The molecule has 0 spiro atoms. The van der Waals surface area contributed by atoms with E-state index in [1.54, 1.807) is 18.2 Å². The Bertz CT molecular complexity index is 791. The van der Waals surface area contributed by atoms with Crippen molar-refractivity contribution in [2.24, 2.45) is 0 Å². The molecule has 8 nitrogen and oxygen atoms in total. The summed E-state index contributed by atoms with van der Waals surface area (Å²) < 4.78 is 38.7. The topological polar surface area (TPSA) is 108 Å². The first kappa shape index (κ1) is 21.2. The second kappa shape index (κ2) is 9.18. The Kier molecular flexibility index (Phi) is 7.20. The van der Waals surface area contributed by atoms with Crippen LogP contribution in [0.5, 0.6) is 5.75 Å². The van der Waals surface area contributed by atoms with Gasteiger partial charge in [-0.25, -0.2) is 13.2 Å². The van der Waals surface area contributed by atoms with Crippen LogP contribution in [0.1, 0.15) is 36.2 Å². The van der Waals surface area contributed by atoms with Gasteiger partial charge >= 0.3 is 5.97 Å². The van der Waals surface area contributed by atoms with Crippen LogP contribution in [-0.4, -0.2) is 57.7 Å². The first-order chi connectivity index (χ1) is 12.8. The van der Waals surface area contributed by atoms with Crippen LogP contribution in [0.2, 0.25) is 0 Å². The summed E-state index contributed by atoms with van der Waals surface area (Å²) in [6.45, 7) is 4.11. The molecular formula is C18H25NO7S. The van der Waals surface area contributed by atoms with E-state index in [9.17, 15) is 18.0 Å². The molecule has 1 N–H and O–H groups in total. The highest BCUT2D eigenvalue weighted by Gasteiger charge is 2.30. The summed E-state index contributed by atoms with van der Waals surface area (Å²) in [5.41, 5.74) is 0.968. The minimum Gasteiger partial charge on any atom is -0.496 e. The van der Waals surface area contributed by atoms with Crippen LogP contribution in [0, 0.1) is 0 Å². The van der Waals surface area contributed by atoms with Gasteiger partial charge < -0.3 is 19.5 Å². The predicted octanol–water partition coefficient (Wildman–Crippen LogP) is 1.08. The average Bonchev–Trinajstić information content (AvgIpc) is 2.97. The van der Waals surface area contributed by atoms with Crippen LogP contribution in [0.25, 0.3) is 0 Å². The number of methoxy groups -OCH3 is 1. The number of carbonyl (C=O) groups excluding carboxylic acids is 2. The molecule has 1 amide bonds. The van der Waals surface area contributed by atoms with Crippen molar-refractivity contribution in [2.75, 3.05) is 25.2 Å². The molecule has 2 atom stereocenters. The molecule has 1 aliphatic heterocycles. The van der Waals surface area contributed by atoms with E-state index in [-0.39, 0.29) is 23.7 Å². The number of amides is 1. The molecule has 0 unspecified atom stereocenters. The van der Waals surface area contributed by atoms with Crippen LogP contribution in [-0.2, 0) is 30.7 Å². The van der Waals surface area contributed by atoms with Crippen molar-refractivity contribution in [2.45, 2.75) is 39.0 Å². The maximum Gasteiger partial charge on any atom is 0.338 e. The SMILES string of the molecule is CCOCc1cc(C(=O)O[C@@H](C)C(=O)N[C@@H]2CCS(=O)(=O)C2)ccc1OC. The summed E-state index contributed by atoms with van der Waals surface area (Å²) in [6, 6.07) is 4.34. The Morgan fingerprint density at radius 1 is 1.33 bits per heavy atom. The van der Waals surface area contributed by atoms with Crippen LogP contribution >= 0.6 is 0 Å². The molecule has 1 aromatic rings. The van der Waals surface area contributed by atoms with Crippen molar-refractivity contribution in [3.8, 4) is 5.75 Å². The standard InChI is InChI=1S/C18H25NO7S/c1-4-25-10-14-9-13(5-6-16(14)24-3)18(21)26-12(2)17(20)19-15-7-8-27(22,23)11-15/h5-6,9,12,15H,4,7-8,10-11H2,1-3H3,(H,19,20)/t12-,15+/m0/s1. The molecular weight excluding hydrogens is 374 g/mol. The molecule has 0 bridgehead atoms. The zero-order valence-electron chi connectivity index (χ0n) is 15.7. The number of sulfone groups is 1. The maximum atomic E-state index is 12.3. The third kappa shape index (κ3) is 5.93. The maximum absolute atomic E-state index is 12.3. The lowest BCUT2D eigenvalue weighted by atomic mass is 10.1. The first-order valence-electron chi connectivity index (χ1n) is 8.72. The van der Waals surface area contributed by atoms with Crippen LogP contribution in [0.4, 0.5) is 0 Å². The second-order valence-electron chi connectivity index (χ2n) is 6.32. The van der Waals surface area contributed by atoms with E-state index in [1.807, 2.05) is 6.92 Å². The second-order valence-corrected chi connectivity index (χ2v) is 8.55. The van der Waals surface area contributed by atoms with E-state index in [1.165, 1.54) is 14.0 Å². The fraction of sp³-hybridized carbons (Fsp3) is 0.556. The van der Waals surface area contributed by atoms with Crippen molar-refractivity contribution < 1.29 is 32.2 Å². The molecule has 150 valence electrons. The number of esters is 1. The molecule has 1 aliphatic rings. The highest BCUT2D eigenvalue weighted by molar-refractivity contribution is 7.91. The summed E-state index contributed by atoms with van der Waals surface area (Å²) >= 11 is 0. The van der Waals surface area contributed by atoms with Crippen molar-refractivity contribution in [1.82, 2.24) is 5.32 Å². The van der Waals surface area contributed by atoms with Gasteiger partial charge in [0.05, 0.1) is 30.8 Å². The van der Waals surface area contributed by atoms with Gasteiger partial charge in [-0.3, -0.25) is 4.79 Å².